The van der Waals surface area contributed by atoms with E-state index in [1.807, 2.05) is 31.2 Å². The second-order valence-corrected chi connectivity index (χ2v) is 11.7. The van der Waals surface area contributed by atoms with Gasteiger partial charge in [-0.05, 0) is 37.7 Å². The van der Waals surface area contributed by atoms with Crippen LogP contribution < -0.4 is 4.74 Å². The van der Waals surface area contributed by atoms with Crippen molar-refractivity contribution in [2.75, 3.05) is 158 Å². The molecule has 0 bridgehead atoms. The molecule has 294 valence electrons. The maximum atomic E-state index is 5.61. The van der Waals surface area contributed by atoms with Gasteiger partial charge in [0.1, 0.15) is 12.4 Å². The summed E-state index contributed by atoms with van der Waals surface area (Å²) >= 11 is 4.24. The SMILES string of the molecule is Cc1ccc(OCCOCCOCCOCCOCCOCCOCCOCCOCCOCCOCCOCCCCCCCCS)cc1. The van der Waals surface area contributed by atoms with Gasteiger partial charge in [0.15, 0.2) is 0 Å². The number of thiol groups is 1. The van der Waals surface area contributed by atoms with Crippen molar-refractivity contribution >= 4 is 12.6 Å². The zero-order valence-corrected chi connectivity index (χ0v) is 31.8. The Hall–Kier alpha value is -1.07. The molecule has 0 aliphatic rings. The van der Waals surface area contributed by atoms with Gasteiger partial charge in [0.25, 0.3) is 0 Å². The highest BCUT2D eigenvalue weighted by Crippen LogP contribution is 2.11. The fourth-order valence-electron chi connectivity index (χ4n) is 4.18. The first-order valence-corrected chi connectivity index (χ1v) is 19.1. The maximum Gasteiger partial charge on any atom is 0.119 e. The van der Waals surface area contributed by atoms with Gasteiger partial charge in [-0.2, -0.15) is 12.6 Å². The molecule has 0 aromatic heterocycles. The molecular formula is C37H68O12S. The summed E-state index contributed by atoms with van der Waals surface area (Å²) in [4.78, 5) is 0. The first-order chi connectivity index (χ1) is 24.8. The quantitative estimate of drug-likeness (QED) is 0.0734. The molecule has 0 amide bonds. The molecule has 0 unspecified atom stereocenters. The minimum Gasteiger partial charge on any atom is -0.491 e. The first-order valence-electron chi connectivity index (χ1n) is 18.5. The van der Waals surface area contributed by atoms with E-state index in [0.29, 0.717) is 145 Å². The summed E-state index contributed by atoms with van der Waals surface area (Å²) < 4.78 is 66.2. The molecule has 0 aliphatic carbocycles. The third kappa shape index (κ3) is 36.7. The Bertz CT molecular complexity index is 777. The fraction of sp³-hybridized carbons (Fsp3) is 0.838. The Morgan fingerprint density at radius 2 is 0.580 bits per heavy atom. The van der Waals surface area contributed by atoms with Gasteiger partial charge in [-0.3, -0.25) is 0 Å². The van der Waals surface area contributed by atoms with E-state index in [9.17, 15) is 0 Å². The van der Waals surface area contributed by atoms with Crippen LogP contribution in [-0.4, -0.2) is 158 Å². The number of rotatable bonds is 42. The molecule has 0 heterocycles. The van der Waals surface area contributed by atoms with Crippen LogP contribution in [0, 0.1) is 6.92 Å². The zero-order chi connectivity index (χ0) is 35.7. The Morgan fingerprint density at radius 3 is 0.900 bits per heavy atom. The molecule has 0 radical (unpaired) electrons. The molecule has 0 spiro atoms. The van der Waals surface area contributed by atoms with Crippen molar-refractivity contribution in [1.29, 1.82) is 0 Å². The Morgan fingerprint density at radius 1 is 0.320 bits per heavy atom. The van der Waals surface area contributed by atoms with E-state index < -0.39 is 0 Å². The Labute approximate surface area is 307 Å². The van der Waals surface area contributed by atoms with Crippen LogP contribution in [0.1, 0.15) is 44.1 Å². The highest BCUT2D eigenvalue weighted by atomic mass is 32.1. The highest BCUT2D eigenvalue weighted by Gasteiger charge is 1.98. The summed E-state index contributed by atoms with van der Waals surface area (Å²) in [5.74, 6) is 1.85. The van der Waals surface area contributed by atoms with Gasteiger partial charge in [-0.25, -0.2) is 0 Å². The van der Waals surface area contributed by atoms with Gasteiger partial charge in [0, 0.05) is 6.61 Å². The molecule has 13 heteroatoms. The maximum absolute atomic E-state index is 5.61. The zero-order valence-electron chi connectivity index (χ0n) is 30.9. The normalized spacial score (nSPS) is 11.5. The van der Waals surface area contributed by atoms with Crippen LogP contribution in [0.15, 0.2) is 24.3 Å². The average Bonchev–Trinajstić information content (AvgIpc) is 3.13. The van der Waals surface area contributed by atoms with Gasteiger partial charge >= 0.3 is 0 Å². The molecule has 0 aliphatic heterocycles. The lowest BCUT2D eigenvalue weighted by molar-refractivity contribution is -0.0277. The standard InChI is InChI=1S/C37H68O12S/c1-36-8-10-37(11-9-36)49-34-33-48-32-31-47-30-29-46-28-27-45-26-25-44-24-23-43-22-21-42-20-19-41-18-17-40-16-15-39-14-13-38-12-6-4-2-3-5-7-35-50/h8-11,50H,2-7,12-35H2,1H3. The van der Waals surface area contributed by atoms with Gasteiger partial charge in [-0.1, -0.05) is 43.4 Å². The molecule has 1 rings (SSSR count). The van der Waals surface area contributed by atoms with E-state index in [1.54, 1.807) is 0 Å². The second-order valence-electron chi connectivity index (χ2n) is 11.2. The van der Waals surface area contributed by atoms with Gasteiger partial charge in [-0.15, -0.1) is 0 Å². The van der Waals surface area contributed by atoms with E-state index >= 15 is 0 Å². The summed E-state index contributed by atoms with van der Waals surface area (Å²) in [6, 6.07) is 7.97. The molecular weight excluding hydrogens is 668 g/mol. The highest BCUT2D eigenvalue weighted by molar-refractivity contribution is 7.80. The first kappa shape index (κ1) is 47.0. The lowest BCUT2D eigenvalue weighted by atomic mass is 10.1. The summed E-state index contributed by atoms with van der Waals surface area (Å²) in [5.41, 5.74) is 1.21. The van der Waals surface area contributed by atoms with E-state index in [-0.39, 0.29) is 0 Å². The minimum atomic E-state index is 0.514. The average molecular weight is 737 g/mol. The number of unbranched alkanes of at least 4 members (excludes halogenated alkanes) is 5. The van der Waals surface area contributed by atoms with Crippen LogP contribution >= 0.6 is 12.6 Å². The van der Waals surface area contributed by atoms with Gasteiger partial charge in [0.2, 0.25) is 0 Å². The van der Waals surface area contributed by atoms with Gasteiger partial charge in [0.05, 0.1) is 139 Å². The minimum absolute atomic E-state index is 0.514. The lowest BCUT2D eigenvalue weighted by Crippen LogP contribution is -2.15. The Kier molecular flexibility index (Phi) is 38.2. The van der Waals surface area contributed by atoms with Crippen molar-refractivity contribution in [3.63, 3.8) is 0 Å². The molecule has 0 saturated heterocycles. The second kappa shape index (κ2) is 40.7. The number of ether oxygens (including phenoxy) is 12. The van der Waals surface area contributed by atoms with E-state index in [0.717, 1.165) is 24.5 Å². The molecule has 1 aromatic carbocycles. The summed E-state index contributed by atoms with van der Waals surface area (Å²) in [6.07, 6.45) is 7.46. The van der Waals surface area contributed by atoms with E-state index in [2.05, 4.69) is 12.6 Å². The van der Waals surface area contributed by atoms with Crippen molar-refractivity contribution < 1.29 is 56.8 Å². The summed E-state index contributed by atoms with van der Waals surface area (Å²) in [6.45, 7) is 14.6. The van der Waals surface area contributed by atoms with Crippen LogP contribution in [0.25, 0.3) is 0 Å². The fourth-order valence-corrected chi connectivity index (χ4v) is 4.40. The van der Waals surface area contributed by atoms with Crippen molar-refractivity contribution in [3.05, 3.63) is 29.8 Å². The van der Waals surface area contributed by atoms with Gasteiger partial charge < -0.3 is 56.8 Å². The molecule has 0 fully saturated rings. The van der Waals surface area contributed by atoms with Crippen molar-refractivity contribution in [3.8, 4) is 5.75 Å². The monoisotopic (exact) mass is 736 g/mol. The smallest absolute Gasteiger partial charge is 0.119 e. The summed E-state index contributed by atoms with van der Waals surface area (Å²) in [7, 11) is 0. The molecule has 0 atom stereocenters. The van der Waals surface area contributed by atoms with Crippen LogP contribution in [0.5, 0.6) is 5.75 Å². The lowest BCUT2D eigenvalue weighted by Gasteiger charge is -2.09. The third-order valence-corrected chi connectivity index (χ3v) is 7.25. The van der Waals surface area contributed by atoms with Crippen molar-refractivity contribution in [2.45, 2.75) is 45.4 Å². The molecule has 1 aromatic rings. The van der Waals surface area contributed by atoms with Crippen LogP contribution in [-0.2, 0) is 52.1 Å². The predicted octanol–water partition coefficient (Wildman–Crippen LogP) is 4.83. The van der Waals surface area contributed by atoms with E-state index in [4.69, 9.17) is 56.8 Å². The summed E-state index contributed by atoms with van der Waals surface area (Å²) in [5, 5.41) is 0. The molecule has 50 heavy (non-hydrogen) atoms. The number of aryl methyl sites for hydroxylation is 1. The number of hydrogen-bond donors (Lipinski definition) is 1. The topological polar surface area (TPSA) is 111 Å². The number of hydrogen-bond acceptors (Lipinski definition) is 13. The van der Waals surface area contributed by atoms with Crippen LogP contribution in [0.3, 0.4) is 0 Å². The van der Waals surface area contributed by atoms with Crippen LogP contribution in [0.2, 0.25) is 0 Å². The largest absolute Gasteiger partial charge is 0.491 e. The molecule has 0 N–H and O–H groups in total. The Balaban J connectivity index is 1.61. The van der Waals surface area contributed by atoms with Crippen LogP contribution in [0.4, 0.5) is 0 Å². The molecule has 12 nitrogen and oxygen atoms in total. The van der Waals surface area contributed by atoms with Crippen molar-refractivity contribution in [1.82, 2.24) is 0 Å². The van der Waals surface area contributed by atoms with E-state index in [1.165, 1.54) is 37.7 Å². The van der Waals surface area contributed by atoms with Crippen molar-refractivity contribution in [2.24, 2.45) is 0 Å². The third-order valence-electron chi connectivity index (χ3n) is 6.93. The predicted molar refractivity (Wildman–Crippen MR) is 197 cm³/mol. The molecule has 0 saturated carbocycles. The number of benzene rings is 1.